The van der Waals surface area contributed by atoms with Gasteiger partial charge in [-0.2, -0.15) is 4.98 Å². The molecule has 4 rings (SSSR count). The molecule has 9 nitrogen and oxygen atoms in total. The highest BCUT2D eigenvalue weighted by Gasteiger charge is 2.52. The number of hydrogen-bond acceptors (Lipinski definition) is 6. The number of benzene rings is 1. The molecule has 1 saturated heterocycles. The van der Waals surface area contributed by atoms with Crippen LogP contribution in [-0.4, -0.2) is 45.0 Å². The van der Waals surface area contributed by atoms with Crippen molar-refractivity contribution in [2.24, 2.45) is 0 Å². The van der Waals surface area contributed by atoms with Gasteiger partial charge in [-0.15, -0.1) is 0 Å². The van der Waals surface area contributed by atoms with Crippen LogP contribution in [0.4, 0.5) is 9.18 Å². The van der Waals surface area contributed by atoms with E-state index >= 15 is 0 Å². The largest absolute Gasteiger partial charge is 0.349 e. The normalized spacial score (nSPS) is 17.6. The lowest BCUT2D eigenvalue weighted by Gasteiger charge is -2.19. The number of aromatic nitrogens is 2. The molecule has 30 heavy (non-hydrogen) atoms. The average molecular weight is 436 g/mol. The first kappa shape index (κ1) is 20.3. The number of amides is 4. The van der Waals surface area contributed by atoms with E-state index < -0.39 is 17.4 Å². The number of hydrogen-bond donors (Lipinski definition) is 2. The van der Waals surface area contributed by atoms with Crippen LogP contribution in [0.2, 0.25) is 5.02 Å². The zero-order valence-corrected chi connectivity index (χ0v) is 16.7. The van der Waals surface area contributed by atoms with Gasteiger partial charge in [-0.25, -0.2) is 9.18 Å². The fourth-order valence-electron chi connectivity index (χ4n) is 3.77. The van der Waals surface area contributed by atoms with Crippen molar-refractivity contribution in [3.63, 3.8) is 0 Å². The molecular weight excluding hydrogens is 417 g/mol. The van der Waals surface area contributed by atoms with Gasteiger partial charge in [0.2, 0.25) is 5.91 Å². The third-order valence-electron chi connectivity index (χ3n) is 5.34. The number of imide groups is 1. The van der Waals surface area contributed by atoms with Gasteiger partial charge in [0, 0.05) is 18.0 Å². The minimum absolute atomic E-state index is 0.00820. The number of urea groups is 1. The van der Waals surface area contributed by atoms with Crippen molar-refractivity contribution in [3.05, 3.63) is 34.9 Å². The van der Waals surface area contributed by atoms with Gasteiger partial charge in [-0.3, -0.25) is 14.5 Å². The molecule has 2 N–H and O–H groups in total. The zero-order chi connectivity index (χ0) is 21.3. The maximum Gasteiger partial charge on any atom is 0.325 e. The second-order valence-corrected chi connectivity index (χ2v) is 7.78. The number of nitrogens with zero attached hydrogens (tertiary/aromatic N) is 3. The Morgan fingerprint density at radius 1 is 1.33 bits per heavy atom. The summed E-state index contributed by atoms with van der Waals surface area (Å²) in [6.07, 6.45) is 3.01. The molecule has 0 unspecified atom stereocenters. The molecule has 1 aliphatic carbocycles. The number of halogens is 2. The molecule has 2 heterocycles. The summed E-state index contributed by atoms with van der Waals surface area (Å²) in [4.78, 5) is 41.9. The van der Waals surface area contributed by atoms with Gasteiger partial charge in [-0.05, 0) is 31.0 Å². The minimum atomic E-state index is -0.786. The number of carbonyl (C=O) groups excluding carboxylic acids is 3. The molecule has 1 aromatic heterocycles. The van der Waals surface area contributed by atoms with Crippen LogP contribution in [0.5, 0.6) is 0 Å². The first-order valence-electron chi connectivity index (χ1n) is 9.57. The van der Waals surface area contributed by atoms with E-state index in [0.717, 1.165) is 23.8 Å². The van der Waals surface area contributed by atoms with Crippen LogP contribution in [0.3, 0.4) is 0 Å². The van der Waals surface area contributed by atoms with E-state index in [1.165, 1.54) is 12.1 Å². The van der Waals surface area contributed by atoms with Gasteiger partial charge in [-0.1, -0.05) is 29.6 Å². The van der Waals surface area contributed by atoms with E-state index in [-0.39, 0.29) is 53.6 Å². The second kappa shape index (κ2) is 8.02. The van der Waals surface area contributed by atoms with Gasteiger partial charge in [0.05, 0.1) is 12.1 Å². The van der Waals surface area contributed by atoms with Gasteiger partial charge >= 0.3 is 6.03 Å². The van der Waals surface area contributed by atoms with Crippen molar-refractivity contribution in [1.82, 2.24) is 25.7 Å². The maximum absolute atomic E-state index is 13.9. The van der Waals surface area contributed by atoms with Crippen molar-refractivity contribution < 1.29 is 23.3 Å². The summed E-state index contributed by atoms with van der Waals surface area (Å²) in [6.45, 7) is -0.0483. The third kappa shape index (κ3) is 3.87. The second-order valence-electron chi connectivity index (χ2n) is 7.34. The summed E-state index contributed by atoms with van der Waals surface area (Å²) in [5.74, 6) is -1.12. The van der Waals surface area contributed by atoms with Crippen LogP contribution in [0.25, 0.3) is 11.5 Å². The number of carbonyl (C=O) groups is 3. The smallest absolute Gasteiger partial charge is 0.325 e. The summed E-state index contributed by atoms with van der Waals surface area (Å²) in [5, 5.41) is 9.32. The molecule has 1 aliphatic heterocycles. The molecule has 158 valence electrons. The van der Waals surface area contributed by atoms with E-state index in [9.17, 15) is 18.8 Å². The Bertz CT molecular complexity index is 1000. The van der Waals surface area contributed by atoms with Gasteiger partial charge < -0.3 is 15.2 Å². The molecule has 0 bridgehead atoms. The lowest BCUT2D eigenvalue weighted by atomic mass is 9.98. The van der Waals surface area contributed by atoms with Crippen molar-refractivity contribution in [3.8, 4) is 11.5 Å². The molecule has 1 spiro atoms. The summed E-state index contributed by atoms with van der Waals surface area (Å²) >= 11 is 5.72. The van der Waals surface area contributed by atoms with Crippen molar-refractivity contribution in [2.45, 2.75) is 44.2 Å². The SMILES string of the molecule is O=C(CCN1C(=O)NC2(CCCC2)C1=O)NCc1noc(-c2ccc(Cl)cc2F)n1. The van der Waals surface area contributed by atoms with E-state index in [1.807, 2.05) is 0 Å². The summed E-state index contributed by atoms with van der Waals surface area (Å²) in [6, 6.07) is 3.59. The van der Waals surface area contributed by atoms with Crippen LogP contribution in [0.1, 0.15) is 37.9 Å². The Balaban J connectivity index is 1.29. The Kier molecular flexibility index (Phi) is 5.42. The standard InChI is InChI=1S/C19H19ClFN5O4/c20-11-3-4-12(13(21)9-11)16-23-14(25-30-16)10-22-15(27)5-8-26-17(28)19(24-18(26)29)6-1-2-7-19/h3-4,9H,1-2,5-8,10H2,(H,22,27)(H,24,29). The van der Waals surface area contributed by atoms with Crippen LogP contribution >= 0.6 is 11.6 Å². The molecule has 11 heteroatoms. The highest BCUT2D eigenvalue weighted by atomic mass is 35.5. The van der Waals surface area contributed by atoms with Crippen LogP contribution in [-0.2, 0) is 16.1 Å². The number of nitrogens with one attached hydrogen (secondary N) is 2. The van der Waals surface area contributed by atoms with Crippen LogP contribution in [0, 0.1) is 5.82 Å². The number of rotatable bonds is 6. The minimum Gasteiger partial charge on any atom is -0.349 e. The van der Waals surface area contributed by atoms with Gasteiger partial charge in [0.25, 0.3) is 11.8 Å². The average Bonchev–Trinajstić information content (AvgIpc) is 3.41. The monoisotopic (exact) mass is 435 g/mol. The molecule has 0 radical (unpaired) electrons. The van der Waals surface area contributed by atoms with Crippen molar-refractivity contribution >= 4 is 29.4 Å². The highest BCUT2D eigenvalue weighted by Crippen LogP contribution is 2.35. The Labute approximate surface area is 175 Å². The van der Waals surface area contributed by atoms with E-state index in [1.54, 1.807) is 0 Å². The predicted octanol–water partition coefficient (Wildman–Crippen LogP) is 2.40. The van der Waals surface area contributed by atoms with E-state index in [4.69, 9.17) is 16.1 Å². The van der Waals surface area contributed by atoms with Gasteiger partial charge in [0.15, 0.2) is 5.82 Å². The summed E-state index contributed by atoms with van der Waals surface area (Å²) < 4.78 is 19.0. The van der Waals surface area contributed by atoms with Crippen molar-refractivity contribution in [2.75, 3.05) is 6.54 Å². The van der Waals surface area contributed by atoms with Crippen molar-refractivity contribution in [1.29, 1.82) is 0 Å². The van der Waals surface area contributed by atoms with E-state index in [0.29, 0.717) is 12.8 Å². The Hall–Kier alpha value is -3.01. The summed E-state index contributed by atoms with van der Waals surface area (Å²) in [7, 11) is 0. The quantitative estimate of drug-likeness (QED) is 0.673. The molecule has 2 aliphatic rings. The van der Waals surface area contributed by atoms with E-state index in [2.05, 4.69) is 20.8 Å². The van der Waals surface area contributed by atoms with Gasteiger partial charge in [0.1, 0.15) is 11.4 Å². The summed E-state index contributed by atoms with van der Waals surface area (Å²) in [5.41, 5.74) is -0.685. The lowest BCUT2D eigenvalue weighted by Crippen LogP contribution is -2.44. The Morgan fingerprint density at radius 2 is 2.10 bits per heavy atom. The van der Waals surface area contributed by atoms with Crippen LogP contribution < -0.4 is 10.6 Å². The molecular formula is C19H19ClFN5O4. The Morgan fingerprint density at radius 3 is 2.83 bits per heavy atom. The fourth-order valence-corrected chi connectivity index (χ4v) is 3.93. The topological polar surface area (TPSA) is 117 Å². The first-order valence-corrected chi connectivity index (χ1v) is 9.95. The fraction of sp³-hybridized carbons (Fsp3) is 0.421. The first-order chi connectivity index (χ1) is 14.4. The molecule has 4 amide bonds. The lowest BCUT2D eigenvalue weighted by molar-refractivity contribution is -0.131. The third-order valence-corrected chi connectivity index (χ3v) is 5.57. The maximum atomic E-state index is 13.9. The highest BCUT2D eigenvalue weighted by molar-refractivity contribution is 6.30. The molecule has 1 saturated carbocycles. The molecule has 1 aromatic carbocycles. The zero-order valence-electron chi connectivity index (χ0n) is 15.9. The predicted molar refractivity (Wildman–Crippen MR) is 103 cm³/mol. The van der Waals surface area contributed by atoms with Crippen LogP contribution in [0.15, 0.2) is 22.7 Å². The molecule has 2 fully saturated rings. The molecule has 0 atom stereocenters. The molecule has 2 aromatic rings.